The summed E-state index contributed by atoms with van der Waals surface area (Å²) in [5.41, 5.74) is 3.14. The van der Waals surface area contributed by atoms with Gasteiger partial charge < -0.3 is 15.2 Å². The molecule has 0 saturated carbocycles. The van der Waals surface area contributed by atoms with Gasteiger partial charge in [0.25, 0.3) is 0 Å². The minimum atomic E-state index is 0.768. The first kappa shape index (κ1) is 11.7. The number of rotatable bonds is 3. The Morgan fingerprint density at radius 2 is 1.78 bits per heavy atom. The lowest BCUT2D eigenvalue weighted by molar-refractivity contribution is 0.234. The number of hydrogen-bond acceptors (Lipinski definition) is 3. The van der Waals surface area contributed by atoms with E-state index in [4.69, 9.17) is 5.41 Å². The Kier molecular flexibility index (Phi) is 3.33. The molecule has 0 unspecified atom stereocenters. The Hall–Kier alpha value is -1.35. The molecule has 1 saturated heterocycles. The van der Waals surface area contributed by atoms with Crippen molar-refractivity contribution in [3.63, 3.8) is 0 Å². The van der Waals surface area contributed by atoms with Gasteiger partial charge in [0, 0.05) is 24.3 Å². The molecule has 96 valence electrons. The van der Waals surface area contributed by atoms with E-state index in [1.54, 1.807) is 0 Å². The molecule has 1 N–H and O–H groups in total. The van der Waals surface area contributed by atoms with Gasteiger partial charge in [-0.1, -0.05) is 24.6 Å². The molecule has 3 rings (SSSR count). The standard InChI is InChI=1S/C15H21N3/c16-14-12-18(15-7-3-2-6-13(14)15)11-10-17-8-4-1-5-9-17/h2-3,6-7,16H,1,4-5,8-12H2. The molecule has 0 radical (unpaired) electrons. The third-order valence-corrected chi connectivity index (χ3v) is 4.05. The molecule has 0 amide bonds. The van der Waals surface area contributed by atoms with Crippen LogP contribution in [0.1, 0.15) is 24.8 Å². The van der Waals surface area contributed by atoms with Crippen molar-refractivity contribution >= 4 is 11.4 Å². The smallest absolute Gasteiger partial charge is 0.0602 e. The Bertz CT molecular complexity index is 435. The van der Waals surface area contributed by atoms with Crippen LogP contribution in [-0.4, -0.2) is 43.3 Å². The highest BCUT2D eigenvalue weighted by Crippen LogP contribution is 2.27. The molecule has 0 atom stereocenters. The van der Waals surface area contributed by atoms with E-state index < -0.39 is 0 Å². The molecule has 2 aliphatic rings. The first-order valence-electron chi connectivity index (χ1n) is 6.99. The average molecular weight is 243 g/mol. The lowest BCUT2D eigenvalue weighted by atomic mass is 10.1. The minimum Gasteiger partial charge on any atom is -0.364 e. The Balaban J connectivity index is 1.62. The van der Waals surface area contributed by atoms with Crippen molar-refractivity contribution in [2.45, 2.75) is 19.3 Å². The summed E-state index contributed by atoms with van der Waals surface area (Å²) in [6, 6.07) is 8.32. The van der Waals surface area contributed by atoms with Crippen LogP contribution in [0.3, 0.4) is 0 Å². The molecule has 0 aromatic heterocycles. The summed E-state index contributed by atoms with van der Waals surface area (Å²) in [6.45, 7) is 5.49. The molecule has 1 aromatic rings. The van der Waals surface area contributed by atoms with E-state index in [2.05, 4.69) is 28.0 Å². The van der Waals surface area contributed by atoms with Gasteiger partial charge in [0.15, 0.2) is 0 Å². The molecule has 3 nitrogen and oxygen atoms in total. The maximum Gasteiger partial charge on any atom is 0.0602 e. The SMILES string of the molecule is N=C1CN(CCN2CCCCC2)c2ccccc21. The second-order valence-corrected chi connectivity index (χ2v) is 5.32. The van der Waals surface area contributed by atoms with Gasteiger partial charge in [-0.3, -0.25) is 0 Å². The van der Waals surface area contributed by atoms with E-state index in [0.29, 0.717) is 0 Å². The van der Waals surface area contributed by atoms with Gasteiger partial charge in [0.2, 0.25) is 0 Å². The number of piperidine rings is 1. The highest BCUT2D eigenvalue weighted by atomic mass is 15.2. The van der Waals surface area contributed by atoms with Crippen LogP contribution >= 0.6 is 0 Å². The van der Waals surface area contributed by atoms with E-state index in [-0.39, 0.29) is 0 Å². The quantitative estimate of drug-likeness (QED) is 0.883. The van der Waals surface area contributed by atoms with Crippen molar-refractivity contribution < 1.29 is 0 Å². The van der Waals surface area contributed by atoms with E-state index in [0.717, 1.165) is 30.9 Å². The zero-order valence-corrected chi connectivity index (χ0v) is 10.9. The van der Waals surface area contributed by atoms with Crippen LogP contribution in [0.2, 0.25) is 0 Å². The largest absolute Gasteiger partial charge is 0.364 e. The van der Waals surface area contributed by atoms with E-state index in [9.17, 15) is 0 Å². The normalized spacial score (nSPS) is 20.2. The number of anilines is 1. The van der Waals surface area contributed by atoms with Crippen LogP contribution in [0.25, 0.3) is 0 Å². The topological polar surface area (TPSA) is 30.3 Å². The van der Waals surface area contributed by atoms with Crippen molar-refractivity contribution in [1.82, 2.24) is 4.90 Å². The fraction of sp³-hybridized carbons (Fsp3) is 0.533. The van der Waals surface area contributed by atoms with Gasteiger partial charge in [-0.15, -0.1) is 0 Å². The predicted molar refractivity (Wildman–Crippen MR) is 75.8 cm³/mol. The Morgan fingerprint density at radius 1 is 1.00 bits per heavy atom. The molecule has 0 spiro atoms. The van der Waals surface area contributed by atoms with Crippen molar-refractivity contribution in [2.75, 3.05) is 37.6 Å². The molecule has 0 aliphatic carbocycles. The fourth-order valence-corrected chi connectivity index (χ4v) is 3.01. The van der Waals surface area contributed by atoms with Crippen LogP contribution in [0.15, 0.2) is 24.3 Å². The molecule has 2 aliphatic heterocycles. The van der Waals surface area contributed by atoms with Gasteiger partial charge >= 0.3 is 0 Å². The second kappa shape index (κ2) is 5.11. The molecule has 3 heteroatoms. The number of nitrogens with one attached hydrogen (secondary N) is 1. The van der Waals surface area contributed by atoms with Crippen molar-refractivity contribution in [2.24, 2.45) is 0 Å². The van der Waals surface area contributed by atoms with E-state index in [1.807, 2.05) is 6.07 Å². The first-order chi connectivity index (χ1) is 8.84. The minimum absolute atomic E-state index is 0.768. The van der Waals surface area contributed by atoms with Gasteiger partial charge in [0.1, 0.15) is 0 Å². The van der Waals surface area contributed by atoms with Crippen LogP contribution in [-0.2, 0) is 0 Å². The highest BCUT2D eigenvalue weighted by molar-refractivity contribution is 6.10. The van der Waals surface area contributed by atoms with E-state index in [1.165, 1.54) is 38.0 Å². The first-order valence-corrected chi connectivity index (χ1v) is 6.99. The zero-order valence-electron chi connectivity index (χ0n) is 10.9. The van der Waals surface area contributed by atoms with Gasteiger partial charge in [-0.25, -0.2) is 0 Å². The van der Waals surface area contributed by atoms with Gasteiger partial charge in [0.05, 0.1) is 12.3 Å². The summed E-state index contributed by atoms with van der Waals surface area (Å²) in [7, 11) is 0. The van der Waals surface area contributed by atoms with Crippen LogP contribution < -0.4 is 4.90 Å². The van der Waals surface area contributed by atoms with Gasteiger partial charge in [-0.05, 0) is 32.0 Å². The number of para-hydroxylation sites is 1. The Morgan fingerprint density at radius 3 is 2.61 bits per heavy atom. The molecule has 1 fully saturated rings. The summed E-state index contributed by atoms with van der Waals surface area (Å²) < 4.78 is 0. The van der Waals surface area contributed by atoms with E-state index >= 15 is 0 Å². The third-order valence-electron chi connectivity index (χ3n) is 4.05. The maximum atomic E-state index is 8.03. The molecule has 0 bridgehead atoms. The van der Waals surface area contributed by atoms with Gasteiger partial charge in [-0.2, -0.15) is 0 Å². The molecule has 18 heavy (non-hydrogen) atoms. The molecular formula is C15H21N3. The molecular weight excluding hydrogens is 222 g/mol. The van der Waals surface area contributed by atoms with Crippen molar-refractivity contribution in [3.8, 4) is 0 Å². The average Bonchev–Trinajstić information content (AvgIpc) is 2.75. The second-order valence-electron chi connectivity index (χ2n) is 5.32. The number of hydrogen-bond donors (Lipinski definition) is 1. The van der Waals surface area contributed by atoms with Crippen LogP contribution in [0.4, 0.5) is 5.69 Å². The summed E-state index contributed by atoms with van der Waals surface area (Å²) >= 11 is 0. The van der Waals surface area contributed by atoms with Crippen LogP contribution in [0, 0.1) is 5.41 Å². The predicted octanol–water partition coefficient (Wildman–Crippen LogP) is 2.36. The number of nitrogens with zero attached hydrogens (tertiary/aromatic N) is 2. The lowest BCUT2D eigenvalue weighted by Gasteiger charge is -2.29. The number of fused-ring (bicyclic) bond motifs is 1. The fourth-order valence-electron chi connectivity index (χ4n) is 3.01. The summed E-state index contributed by atoms with van der Waals surface area (Å²) in [5.74, 6) is 0. The third kappa shape index (κ3) is 2.27. The molecule has 2 heterocycles. The van der Waals surface area contributed by atoms with Crippen LogP contribution in [0.5, 0.6) is 0 Å². The Labute approximate surface area is 109 Å². The summed E-state index contributed by atoms with van der Waals surface area (Å²) in [6.07, 6.45) is 4.10. The number of benzene rings is 1. The number of likely N-dealkylation sites (tertiary alicyclic amines) is 1. The van der Waals surface area contributed by atoms with Crippen molar-refractivity contribution in [1.29, 1.82) is 5.41 Å². The van der Waals surface area contributed by atoms with Crippen molar-refractivity contribution in [3.05, 3.63) is 29.8 Å². The maximum absolute atomic E-state index is 8.03. The highest BCUT2D eigenvalue weighted by Gasteiger charge is 2.23. The lowest BCUT2D eigenvalue weighted by Crippen LogP contribution is -2.37. The summed E-state index contributed by atoms with van der Waals surface area (Å²) in [5, 5.41) is 8.03. The zero-order chi connectivity index (χ0) is 12.4. The molecule has 1 aromatic carbocycles. The summed E-state index contributed by atoms with van der Waals surface area (Å²) in [4.78, 5) is 4.92. The monoisotopic (exact) mass is 243 g/mol.